The zero-order valence-corrected chi connectivity index (χ0v) is 9.70. The van der Waals surface area contributed by atoms with Gasteiger partial charge in [-0.2, -0.15) is 0 Å². The highest BCUT2D eigenvalue weighted by Crippen LogP contribution is 2.27. The Morgan fingerprint density at radius 2 is 1.78 bits per heavy atom. The molecule has 0 atom stereocenters. The number of carboxylic acids is 1. The molecule has 6 heteroatoms. The third-order valence-corrected chi connectivity index (χ3v) is 3.12. The number of hydrogen-bond donors (Lipinski definition) is 2. The third kappa shape index (κ3) is 2.43. The van der Waals surface area contributed by atoms with Gasteiger partial charge in [-0.05, 0) is 25.0 Å². The van der Waals surface area contributed by atoms with Crippen molar-refractivity contribution in [1.29, 1.82) is 0 Å². The fourth-order valence-electron chi connectivity index (χ4n) is 2.11. The van der Waals surface area contributed by atoms with Gasteiger partial charge in [0.2, 0.25) is 0 Å². The largest absolute Gasteiger partial charge is 0.478 e. The maximum Gasteiger partial charge on any atom is 0.335 e. The molecule has 2 rings (SSSR count). The SMILES string of the molecule is NC1CCN(c2c(F)cc(C(=O)O)cc2F)CC1. The van der Waals surface area contributed by atoms with E-state index in [9.17, 15) is 13.6 Å². The average Bonchev–Trinajstić information content (AvgIpc) is 2.30. The van der Waals surface area contributed by atoms with E-state index < -0.39 is 17.6 Å². The fourth-order valence-corrected chi connectivity index (χ4v) is 2.11. The zero-order chi connectivity index (χ0) is 13.3. The van der Waals surface area contributed by atoms with Crippen molar-refractivity contribution in [2.24, 2.45) is 5.73 Å². The Balaban J connectivity index is 2.31. The van der Waals surface area contributed by atoms with E-state index in [-0.39, 0.29) is 17.3 Å². The lowest BCUT2D eigenvalue weighted by atomic mass is 10.0. The first kappa shape index (κ1) is 12.8. The zero-order valence-electron chi connectivity index (χ0n) is 9.70. The fraction of sp³-hybridized carbons (Fsp3) is 0.417. The molecule has 4 nitrogen and oxygen atoms in total. The molecule has 1 aromatic rings. The summed E-state index contributed by atoms with van der Waals surface area (Å²) in [7, 11) is 0. The van der Waals surface area contributed by atoms with Crippen LogP contribution in [0.4, 0.5) is 14.5 Å². The Hall–Kier alpha value is -1.69. The second-order valence-corrected chi connectivity index (χ2v) is 4.42. The summed E-state index contributed by atoms with van der Waals surface area (Å²) in [5.74, 6) is -3.04. The van der Waals surface area contributed by atoms with Crippen LogP contribution in [0, 0.1) is 11.6 Å². The van der Waals surface area contributed by atoms with Gasteiger partial charge in [-0.25, -0.2) is 13.6 Å². The first-order valence-electron chi connectivity index (χ1n) is 5.72. The number of piperidine rings is 1. The summed E-state index contributed by atoms with van der Waals surface area (Å²) in [5, 5.41) is 8.71. The summed E-state index contributed by atoms with van der Waals surface area (Å²) in [6, 6.07) is 1.75. The van der Waals surface area contributed by atoms with Crippen molar-refractivity contribution in [3.63, 3.8) is 0 Å². The Morgan fingerprint density at radius 1 is 1.28 bits per heavy atom. The summed E-state index contributed by atoms with van der Waals surface area (Å²) < 4.78 is 27.6. The number of hydrogen-bond acceptors (Lipinski definition) is 3. The molecular weight excluding hydrogens is 242 g/mol. The van der Waals surface area contributed by atoms with E-state index in [2.05, 4.69) is 0 Å². The van der Waals surface area contributed by atoms with Crippen LogP contribution in [0.3, 0.4) is 0 Å². The molecule has 1 aromatic carbocycles. The molecule has 18 heavy (non-hydrogen) atoms. The first-order chi connectivity index (χ1) is 8.49. The van der Waals surface area contributed by atoms with E-state index in [1.807, 2.05) is 0 Å². The minimum Gasteiger partial charge on any atom is -0.478 e. The summed E-state index contributed by atoms with van der Waals surface area (Å²) in [6.07, 6.45) is 1.33. The van der Waals surface area contributed by atoms with Crippen LogP contribution in [0.15, 0.2) is 12.1 Å². The molecule has 0 bridgehead atoms. The van der Waals surface area contributed by atoms with Crippen LogP contribution >= 0.6 is 0 Å². The van der Waals surface area contributed by atoms with Gasteiger partial charge in [0.15, 0.2) is 0 Å². The minimum absolute atomic E-state index is 0.0608. The molecule has 0 spiro atoms. The van der Waals surface area contributed by atoms with E-state index in [4.69, 9.17) is 10.8 Å². The van der Waals surface area contributed by atoms with Crippen molar-refractivity contribution in [2.75, 3.05) is 18.0 Å². The van der Waals surface area contributed by atoms with E-state index >= 15 is 0 Å². The molecule has 3 N–H and O–H groups in total. The van der Waals surface area contributed by atoms with Crippen LogP contribution < -0.4 is 10.6 Å². The molecule has 1 fully saturated rings. The molecule has 0 amide bonds. The standard InChI is InChI=1S/C12H14F2N2O2/c13-9-5-7(12(17)18)6-10(14)11(9)16-3-1-8(15)2-4-16/h5-6,8H,1-4,15H2,(H,17,18). The predicted molar refractivity (Wildman–Crippen MR) is 62.7 cm³/mol. The van der Waals surface area contributed by atoms with Gasteiger partial charge < -0.3 is 15.7 Å². The predicted octanol–water partition coefficient (Wildman–Crippen LogP) is 1.59. The summed E-state index contributed by atoms with van der Waals surface area (Å²) in [4.78, 5) is 12.2. The van der Waals surface area contributed by atoms with E-state index in [0.29, 0.717) is 25.9 Å². The first-order valence-corrected chi connectivity index (χ1v) is 5.72. The lowest BCUT2D eigenvalue weighted by Crippen LogP contribution is -2.40. The van der Waals surface area contributed by atoms with Crippen LogP contribution in [0.25, 0.3) is 0 Å². The smallest absolute Gasteiger partial charge is 0.335 e. The third-order valence-electron chi connectivity index (χ3n) is 3.12. The van der Waals surface area contributed by atoms with Crippen LogP contribution in [0.1, 0.15) is 23.2 Å². The van der Waals surface area contributed by atoms with Crippen molar-refractivity contribution >= 4 is 11.7 Å². The summed E-state index contributed by atoms with van der Waals surface area (Å²) in [6.45, 7) is 0.947. The molecule has 0 saturated carbocycles. The number of carbonyl (C=O) groups is 1. The van der Waals surface area contributed by atoms with Crippen molar-refractivity contribution in [2.45, 2.75) is 18.9 Å². The Kier molecular flexibility index (Phi) is 3.47. The number of halogens is 2. The van der Waals surface area contributed by atoms with Crippen molar-refractivity contribution in [1.82, 2.24) is 0 Å². The van der Waals surface area contributed by atoms with Gasteiger partial charge in [0, 0.05) is 19.1 Å². The van der Waals surface area contributed by atoms with E-state index in [1.165, 1.54) is 0 Å². The normalized spacial score (nSPS) is 16.9. The molecular formula is C12H14F2N2O2. The quantitative estimate of drug-likeness (QED) is 0.843. The molecule has 0 unspecified atom stereocenters. The molecule has 0 aromatic heterocycles. The number of nitrogens with two attached hydrogens (primary N) is 1. The Morgan fingerprint density at radius 3 is 2.22 bits per heavy atom. The van der Waals surface area contributed by atoms with Gasteiger partial charge in [-0.3, -0.25) is 0 Å². The monoisotopic (exact) mass is 256 g/mol. The highest BCUT2D eigenvalue weighted by Gasteiger charge is 2.23. The van der Waals surface area contributed by atoms with Gasteiger partial charge in [0.1, 0.15) is 17.3 Å². The summed E-state index contributed by atoms with van der Waals surface area (Å²) in [5.41, 5.74) is 5.18. The molecule has 98 valence electrons. The Bertz CT molecular complexity index is 448. The van der Waals surface area contributed by atoms with Crippen molar-refractivity contribution < 1.29 is 18.7 Å². The number of aromatic carboxylic acids is 1. The highest BCUT2D eigenvalue weighted by molar-refractivity contribution is 5.88. The molecule has 1 aliphatic heterocycles. The van der Waals surface area contributed by atoms with Crippen LogP contribution in [-0.2, 0) is 0 Å². The van der Waals surface area contributed by atoms with Gasteiger partial charge in [0.05, 0.1) is 5.56 Å². The molecule has 1 saturated heterocycles. The molecule has 1 heterocycles. The number of nitrogens with zero attached hydrogens (tertiary/aromatic N) is 1. The second-order valence-electron chi connectivity index (χ2n) is 4.42. The minimum atomic E-state index is -1.35. The van der Waals surface area contributed by atoms with Crippen LogP contribution in [0.5, 0.6) is 0 Å². The van der Waals surface area contributed by atoms with Crippen molar-refractivity contribution in [3.05, 3.63) is 29.3 Å². The lowest BCUT2D eigenvalue weighted by Gasteiger charge is -2.32. The Labute approximate surface area is 103 Å². The maximum absolute atomic E-state index is 13.8. The number of benzene rings is 1. The maximum atomic E-state index is 13.8. The lowest BCUT2D eigenvalue weighted by molar-refractivity contribution is 0.0696. The van der Waals surface area contributed by atoms with Gasteiger partial charge in [-0.15, -0.1) is 0 Å². The van der Waals surface area contributed by atoms with E-state index in [1.54, 1.807) is 4.90 Å². The van der Waals surface area contributed by atoms with Gasteiger partial charge in [0.25, 0.3) is 0 Å². The van der Waals surface area contributed by atoms with Gasteiger partial charge in [-0.1, -0.05) is 0 Å². The molecule has 0 radical (unpaired) electrons. The second kappa shape index (κ2) is 4.89. The molecule has 0 aliphatic carbocycles. The average molecular weight is 256 g/mol. The van der Waals surface area contributed by atoms with E-state index in [0.717, 1.165) is 12.1 Å². The van der Waals surface area contributed by atoms with Crippen LogP contribution in [0.2, 0.25) is 0 Å². The summed E-state index contributed by atoms with van der Waals surface area (Å²) >= 11 is 0. The van der Waals surface area contributed by atoms with Crippen LogP contribution in [-0.4, -0.2) is 30.2 Å². The number of anilines is 1. The highest BCUT2D eigenvalue weighted by atomic mass is 19.1. The molecule has 1 aliphatic rings. The topological polar surface area (TPSA) is 66.6 Å². The van der Waals surface area contributed by atoms with Crippen molar-refractivity contribution in [3.8, 4) is 0 Å². The van der Waals surface area contributed by atoms with Gasteiger partial charge >= 0.3 is 5.97 Å². The number of rotatable bonds is 2. The number of carboxylic acid groups (broad SMARTS) is 1.